The lowest BCUT2D eigenvalue weighted by Gasteiger charge is -2.36. The van der Waals surface area contributed by atoms with Crippen LogP contribution in [0.25, 0.3) is 0 Å². The zero-order valence-electron chi connectivity index (χ0n) is 23.1. The van der Waals surface area contributed by atoms with Crippen molar-refractivity contribution in [1.82, 2.24) is 0 Å². The van der Waals surface area contributed by atoms with Crippen LogP contribution in [0.15, 0.2) is 0 Å². The van der Waals surface area contributed by atoms with E-state index in [0.717, 1.165) is 82.8 Å². The zero-order chi connectivity index (χ0) is 26.4. The molecular weight excluding hydrogens is 523 g/mol. The smallest absolute Gasteiger partial charge is 0.0167 e. The number of hydrogen-bond acceptors (Lipinski definition) is 9. The molecule has 3 fully saturated rings. The van der Waals surface area contributed by atoms with Gasteiger partial charge in [-0.3, -0.25) is 0 Å². The van der Waals surface area contributed by atoms with Crippen molar-refractivity contribution in [3.05, 3.63) is 0 Å². The maximum absolute atomic E-state index is 5.47. The van der Waals surface area contributed by atoms with Gasteiger partial charge in [-0.1, -0.05) is 6.92 Å². The van der Waals surface area contributed by atoms with Crippen LogP contribution in [0.3, 0.4) is 0 Å². The Morgan fingerprint density at radius 3 is 1.53 bits per heavy atom. The van der Waals surface area contributed by atoms with Gasteiger partial charge in [-0.15, -0.1) is 0 Å². The van der Waals surface area contributed by atoms with Crippen molar-refractivity contribution in [2.24, 2.45) is 40.5 Å². The van der Waals surface area contributed by atoms with Crippen molar-refractivity contribution in [3.8, 4) is 0 Å². The van der Waals surface area contributed by atoms with Gasteiger partial charge in [-0.2, -0.15) is 47.0 Å². The normalized spacial score (nSPS) is 28.5. The van der Waals surface area contributed by atoms with Gasteiger partial charge in [0.2, 0.25) is 0 Å². The molecule has 0 aromatic rings. The van der Waals surface area contributed by atoms with Gasteiger partial charge in [0.1, 0.15) is 0 Å². The number of thioether (sulfide) groups is 4. The third kappa shape index (κ3) is 15.7. The topological polar surface area (TPSA) is 130 Å². The van der Waals surface area contributed by atoms with Crippen LogP contribution in [0.5, 0.6) is 0 Å². The highest BCUT2D eigenvalue weighted by Crippen LogP contribution is 2.41. The minimum atomic E-state index is 0.824. The molecule has 0 aromatic heterocycles. The van der Waals surface area contributed by atoms with Gasteiger partial charge in [0, 0.05) is 57.9 Å². The third-order valence-corrected chi connectivity index (χ3v) is 13.3. The Hall–Kier alpha value is 1.20. The van der Waals surface area contributed by atoms with Gasteiger partial charge in [-0.05, 0) is 101 Å². The summed E-state index contributed by atoms with van der Waals surface area (Å²) in [6.45, 7) is 6.46. The Balaban J connectivity index is 0.000000270. The van der Waals surface area contributed by atoms with Gasteiger partial charge < -0.3 is 28.7 Å². The standard InChI is InChI=1S/2C9H20N2S.C9H19NS2/c10-5-1-2-8-3-4-9(8)12-7-6-11;10-3-1-2-8-6-9(7-8)12-5-4-11;1-2-6-11-8-3-4-9(8)12-7-5-10/h2*8-9H,1-7,10-11H2;8-9H,2-7,10H2,1H3. The first-order valence-electron chi connectivity index (χ1n) is 14.6. The molecule has 9 heteroatoms. The molecule has 3 aliphatic rings. The summed E-state index contributed by atoms with van der Waals surface area (Å²) in [4.78, 5) is 0. The average molecular weight is 582 g/mol. The van der Waals surface area contributed by atoms with Gasteiger partial charge in [0.05, 0.1) is 0 Å². The lowest BCUT2D eigenvalue weighted by Crippen LogP contribution is -2.32. The van der Waals surface area contributed by atoms with Crippen molar-refractivity contribution in [3.63, 3.8) is 0 Å². The van der Waals surface area contributed by atoms with E-state index in [1.165, 1.54) is 76.4 Å². The molecule has 0 heterocycles. The maximum Gasteiger partial charge on any atom is 0.0167 e. The fourth-order valence-corrected chi connectivity index (χ4v) is 10.0. The van der Waals surface area contributed by atoms with Crippen LogP contribution >= 0.6 is 47.0 Å². The molecule has 0 radical (unpaired) electrons. The fraction of sp³-hybridized carbons (Fsp3) is 1.00. The van der Waals surface area contributed by atoms with Crippen LogP contribution in [-0.2, 0) is 0 Å². The summed E-state index contributed by atoms with van der Waals surface area (Å²) in [7, 11) is 0. The highest BCUT2D eigenvalue weighted by atomic mass is 32.2. The Labute approximate surface area is 240 Å². The van der Waals surface area contributed by atoms with E-state index in [2.05, 4.69) is 42.2 Å². The van der Waals surface area contributed by atoms with Crippen molar-refractivity contribution < 1.29 is 0 Å². The van der Waals surface area contributed by atoms with Crippen molar-refractivity contribution in [2.45, 2.75) is 98.6 Å². The molecule has 0 spiro atoms. The quantitative estimate of drug-likeness (QED) is 0.156. The highest BCUT2D eigenvalue weighted by Gasteiger charge is 2.31. The molecule has 4 atom stereocenters. The average Bonchev–Trinajstić information content (AvgIpc) is 2.83. The molecule has 0 saturated heterocycles. The maximum atomic E-state index is 5.47. The molecule has 4 unspecified atom stereocenters. The lowest BCUT2D eigenvalue weighted by molar-refractivity contribution is 0.303. The Kier molecular flexibility index (Phi) is 23.5. The molecule has 0 amide bonds. The Bertz CT molecular complexity index is 417. The monoisotopic (exact) mass is 581 g/mol. The van der Waals surface area contributed by atoms with E-state index in [1.807, 2.05) is 11.8 Å². The first-order chi connectivity index (χ1) is 17.6. The minimum absolute atomic E-state index is 0.824. The van der Waals surface area contributed by atoms with E-state index >= 15 is 0 Å². The Morgan fingerprint density at radius 2 is 1.06 bits per heavy atom. The number of hydrogen-bond donors (Lipinski definition) is 5. The van der Waals surface area contributed by atoms with E-state index < -0.39 is 0 Å². The van der Waals surface area contributed by atoms with Crippen LogP contribution in [0.1, 0.15) is 77.6 Å². The van der Waals surface area contributed by atoms with E-state index in [-0.39, 0.29) is 0 Å². The Morgan fingerprint density at radius 1 is 0.556 bits per heavy atom. The second kappa shape index (κ2) is 24.0. The van der Waals surface area contributed by atoms with Crippen LogP contribution in [0.2, 0.25) is 0 Å². The summed E-state index contributed by atoms with van der Waals surface area (Å²) in [6, 6.07) is 0. The first-order valence-corrected chi connectivity index (χ1v) is 18.8. The van der Waals surface area contributed by atoms with Crippen molar-refractivity contribution in [2.75, 3.05) is 55.7 Å². The minimum Gasteiger partial charge on any atom is -0.330 e. The molecule has 3 rings (SSSR count). The van der Waals surface area contributed by atoms with Crippen molar-refractivity contribution >= 4 is 47.0 Å². The highest BCUT2D eigenvalue weighted by molar-refractivity contribution is 8.04. The fourth-order valence-electron chi connectivity index (χ4n) is 4.68. The molecule has 0 aliphatic heterocycles. The molecule has 216 valence electrons. The summed E-state index contributed by atoms with van der Waals surface area (Å²) < 4.78 is 0. The van der Waals surface area contributed by atoms with E-state index in [0.29, 0.717) is 0 Å². The molecular formula is C27H59N5S4. The summed E-state index contributed by atoms with van der Waals surface area (Å²) in [5, 5.41) is 3.68. The van der Waals surface area contributed by atoms with E-state index in [9.17, 15) is 0 Å². The van der Waals surface area contributed by atoms with Gasteiger partial charge in [0.15, 0.2) is 0 Å². The molecule has 5 nitrogen and oxygen atoms in total. The first kappa shape index (κ1) is 35.2. The van der Waals surface area contributed by atoms with E-state index in [1.54, 1.807) is 0 Å². The molecule has 10 N–H and O–H groups in total. The summed E-state index contributed by atoms with van der Waals surface area (Å²) in [5.41, 5.74) is 27.3. The van der Waals surface area contributed by atoms with E-state index in [4.69, 9.17) is 28.7 Å². The SMILES string of the molecule is CCCSC1CCC1SCCN.NCCCC1CC(SCCN)C1.NCCCC1CCC1SCCN. The number of rotatable bonds is 18. The second-order valence-electron chi connectivity index (χ2n) is 10.2. The molecule has 0 aromatic carbocycles. The predicted molar refractivity (Wildman–Crippen MR) is 174 cm³/mol. The third-order valence-electron chi connectivity index (χ3n) is 7.19. The zero-order valence-corrected chi connectivity index (χ0v) is 26.4. The second-order valence-corrected chi connectivity index (χ2v) is 15.7. The predicted octanol–water partition coefficient (Wildman–Crippen LogP) is 4.74. The molecule has 36 heavy (non-hydrogen) atoms. The molecule has 3 aliphatic carbocycles. The largest absolute Gasteiger partial charge is 0.330 e. The molecule has 0 bridgehead atoms. The van der Waals surface area contributed by atoms with Gasteiger partial charge in [-0.25, -0.2) is 0 Å². The van der Waals surface area contributed by atoms with Crippen LogP contribution < -0.4 is 28.7 Å². The van der Waals surface area contributed by atoms with Gasteiger partial charge in [0.25, 0.3) is 0 Å². The summed E-state index contributed by atoms with van der Waals surface area (Å²) in [6.07, 6.45) is 14.9. The lowest BCUT2D eigenvalue weighted by atomic mass is 9.81. The molecule has 3 saturated carbocycles. The number of nitrogens with two attached hydrogens (primary N) is 5. The summed E-state index contributed by atoms with van der Waals surface area (Å²) >= 11 is 8.34. The van der Waals surface area contributed by atoms with Gasteiger partial charge >= 0.3 is 0 Å². The van der Waals surface area contributed by atoms with Crippen LogP contribution in [0.4, 0.5) is 0 Å². The summed E-state index contributed by atoms with van der Waals surface area (Å²) in [5.74, 6) is 6.67. The van der Waals surface area contributed by atoms with Crippen LogP contribution in [-0.4, -0.2) is 76.7 Å². The van der Waals surface area contributed by atoms with Crippen molar-refractivity contribution in [1.29, 1.82) is 0 Å². The van der Waals surface area contributed by atoms with Crippen LogP contribution in [0, 0.1) is 11.8 Å².